The third-order valence-electron chi connectivity index (χ3n) is 4.59. The molecule has 0 aromatic heterocycles. The van der Waals surface area contributed by atoms with Crippen molar-refractivity contribution in [1.29, 1.82) is 0 Å². The van der Waals surface area contributed by atoms with Gasteiger partial charge in [0.15, 0.2) is 5.96 Å². The standard InChI is InChI=1S/C19H31N3O3S/c1-15(17-9-8-16-6-4-5-7-18(16)14-17)22-19(20-2)21-10-11-25-12-13-26(3,23)24/h8-9,14-15H,4-7,10-13H2,1-3H3,(H2,20,21,22). The van der Waals surface area contributed by atoms with Gasteiger partial charge in [0.1, 0.15) is 9.84 Å². The highest BCUT2D eigenvalue weighted by Crippen LogP contribution is 2.24. The first-order chi connectivity index (χ1) is 12.4. The van der Waals surface area contributed by atoms with Crippen LogP contribution < -0.4 is 10.6 Å². The minimum Gasteiger partial charge on any atom is -0.379 e. The molecule has 1 aromatic carbocycles. The Labute approximate surface area is 157 Å². The molecule has 2 rings (SSSR count). The van der Waals surface area contributed by atoms with Crippen molar-refractivity contribution in [2.45, 2.75) is 38.6 Å². The van der Waals surface area contributed by atoms with Gasteiger partial charge in [-0.25, -0.2) is 8.42 Å². The molecule has 0 spiro atoms. The van der Waals surface area contributed by atoms with Gasteiger partial charge in [0.25, 0.3) is 0 Å². The normalized spacial score (nSPS) is 16.0. The van der Waals surface area contributed by atoms with Crippen LogP contribution in [-0.2, 0) is 27.4 Å². The first kappa shape index (κ1) is 20.7. The average molecular weight is 382 g/mol. The summed E-state index contributed by atoms with van der Waals surface area (Å²) >= 11 is 0. The zero-order chi connectivity index (χ0) is 19.0. The second kappa shape index (κ2) is 9.92. The van der Waals surface area contributed by atoms with Crippen LogP contribution in [0.4, 0.5) is 0 Å². The Morgan fingerprint density at radius 2 is 1.96 bits per heavy atom. The fraction of sp³-hybridized carbons (Fsp3) is 0.632. The van der Waals surface area contributed by atoms with Crippen molar-refractivity contribution in [3.63, 3.8) is 0 Å². The van der Waals surface area contributed by atoms with Crippen molar-refractivity contribution in [3.05, 3.63) is 34.9 Å². The minimum absolute atomic E-state index is 0.0509. The van der Waals surface area contributed by atoms with Crippen LogP contribution in [0.5, 0.6) is 0 Å². The first-order valence-corrected chi connectivity index (χ1v) is 11.3. The molecule has 1 unspecified atom stereocenters. The molecule has 1 aliphatic rings. The number of hydrogen-bond acceptors (Lipinski definition) is 4. The number of aliphatic imine (C=N–C) groups is 1. The van der Waals surface area contributed by atoms with E-state index in [1.807, 2.05) is 0 Å². The van der Waals surface area contributed by atoms with Gasteiger partial charge in [-0.1, -0.05) is 18.2 Å². The maximum atomic E-state index is 11.0. The van der Waals surface area contributed by atoms with Crippen molar-refractivity contribution < 1.29 is 13.2 Å². The quantitative estimate of drug-likeness (QED) is 0.408. The Morgan fingerprint density at radius 1 is 1.23 bits per heavy atom. The summed E-state index contributed by atoms with van der Waals surface area (Å²) in [6.45, 7) is 3.35. The van der Waals surface area contributed by atoms with Gasteiger partial charge in [0.2, 0.25) is 0 Å². The van der Waals surface area contributed by atoms with Crippen molar-refractivity contribution in [2.24, 2.45) is 4.99 Å². The molecule has 7 heteroatoms. The van der Waals surface area contributed by atoms with Crippen LogP contribution >= 0.6 is 0 Å². The Kier molecular flexibility index (Phi) is 7.90. The van der Waals surface area contributed by atoms with Crippen molar-refractivity contribution in [2.75, 3.05) is 38.8 Å². The summed E-state index contributed by atoms with van der Waals surface area (Å²) in [7, 11) is -1.23. The highest BCUT2D eigenvalue weighted by molar-refractivity contribution is 7.90. The van der Waals surface area contributed by atoms with Gasteiger partial charge in [-0.2, -0.15) is 0 Å². The molecule has 0 saturated carbocycles. The molecule has 1 atom stereocenters. The molecular weight excluding hydrogens is 350 g/mol. The lowest BCUT2D eigenvalue weighted by Crippen LogP contribution is -2.40. The number of aryl methyl sites for hydroxylation is 2. The molecule has 1 aliphatic carbocycles. The third kappa shape index (κ3) is 6.96. The van der Waals surface area contributed by atoms with Gasteiger partial charge in [0, 0.05) is 19.8 Å². The molecule has 0 amide bonds. The fourth-order valence-corrected chi connectivity index (χ4v) is 3.48. The molecule has 0 radical (unpaired) electrons. The van der Waals surface area contributed by atoms with Crippen LogP contribution in [-0.4, -0.2) is 53.2 Å². The number of guanidine groups is 1. The van der Waals surface area contributed by atoms with Crippen molar-refractivity contribution in [3.8, 4) is 0 Å². The monoisotopic (exact) mass is 381 g/mol. The van der Waals surface area contributed by atoms with E-state index in [2.05, 4.69) is 40.7 Å². The van der Waals surface area contributed by atoms with Crippen LogP contribution in [0.1, 0.15) is 42.5 Å². The number of nitrogens with zero attached hydrogens (tertiary/aromatic N) is 1. The summed E-state index contributed by atoms with van der Waals surface area (Å²) in [5, 5.41) is 6.59. The average Bonchev–Trinajstić information content (AvgIpc) is 2.62. The van der Waals surface area contributed by atoms with Gasteiger partial charge in [-0.05, 0) is 49.3 Å². The number of ether oxygens (including phenoxy) is 1. The van der Waals surface area contributed by atoms with E-state index < -0.39 is 9.84 Å². The molecule has 0 heterocycles. The van der Waals surface area contributed by atoms with E-state index >= 15 is 0 Å². The Balaban J connectivity index is 1.76. The number of nitrogens with one attached hydrogen (secondary N) is 2. The molecule has 0 bridgehead atoms. The molecule has 2 N–H and O–H groups in total. The number of hydrogen-bond donors (Lipinski definition) is 2. The van der Waals surface area contributed by atoms with E-state index in [9.17, 15) is 8.42 Å². The lowest BCUT2D eigenvalue weighted by atomic mass is 9.89. The fourth-order valence-electron chi connectivity index (χ4n) is 3.06. The lowest BCUT2D eigenvalue weighted by Gasteiger charge is -2.21. The summed E-state index contributed by atoms with van der Waals surface area (Å²) in [5.74, 6) is 0.761. The maximum absolute atomic E-state index is 11.0. The van der Waals surface area contributed by atoms with Gasteiger partial charge in [-0.15, -0.1) is 0 Å². The summed E-state index contributed by atoms with van der Waals surface area (Å²) < 4.78 is 27.4. The van der Waals surface area contributed by atoms with Gasteiger partial charge in [-0.3, -0.25) is 4.99 Å². The molecule has 6 nitrogen and oxygen atoms in total. The Hall–Kier alpha value is -1.60. The van der Waals surface area contributed by atoms with E-state index in [1.54, 1.807) is 7.05 Å². The maximum Gasteiger partial charge on any atom is 0.191 e. The van der Waals surface area contributed by atoms with E-state index in [-0.39, 0.29) is 18.4 Å². The highest BCUT2D eigenvalue weighted by Gasteiger charge is 2.13. The minimum atomic E-state index is -2.97. The van der Waals surface area contributed by atoms with Gasteiger partial charge >= 0.3 is 0 Å². The molecule has 26 heavy (non-hydrogen) atoms. The van der Waals surface area contributed by atoms with Crippen molar-refractivity contribution in [1.82, 2.24) is 10.6 Å². The molecule has 1 aromatic rings. The van der Waals surface area contributed by atoms with Crippen LogP contribution in [0.3, 0.4) is 0 Å². The topological polar surface area (TPSA) is 79.8 Å². The summed E-state index contributed by atoms with van der Waals surface area (Å²) in [4.78, 5) is 4.24. The molecular formula is C19H31N3O3S. The Bertz CT molecular complexity index is 717. The van der Waals surface area contributed by atoms with E-state index in [0.29, 0.717) is 19.1 Å². The summed E-state index contributed by atoms with van der Waals surface area (Å²) in [6, 6.07) is 6.92. The molecule has 0 aliphatic heterocycles. The number of sulfone groups is 1. The second-order valence-electron chi connectivity index (χ2n) is 6.84. The Morgan fingerprint density at radius 3 is 2.65 bits per heavy atom. The molecule has 146 valence electrons. The van der Waals surface area contributed by atoms with Crippen LogP contribution in [0.25, 0.3) is 0 Å². The van der Waals surface area contributed by atoms with E-state index in [0.717, 1.165) is 0 Å². The largest absolute Gasteiger partial charge is 0.379 e. The molecule has 0 saturated heterocycles. The zero-order valence-electron chi connectivity index (χ0n) is 16.0. The number of fused-ring (bicyclic) bond motifs is 1. The zero-order valence-corrected chi connectivity index (χ0v) is 16.9. The lowest BCUT2D eigenvalue weighted by molar-refractivity contribution is 0.154. The predicted molar refractivity (Wildman–Crippen MR) is 107 cm³/mol. The smallest absolute Gasteiger partial charge is 0.191 e. The third-order valence-corrected chi connectivity index (χ3v) is 5.49. The van der Waals surface area contributed by atoms with Crippen LogP contribution in [0.15, 0.2) is 23.2 Å². The van der Waals surface area contributed by atoms with Crippen LogP contribution in [0, 0.1) is 0 Å². The second-order valence-corrected chi connectivity index (χ2v) is 9.10. The van der Waals surface area contributed by atoms with Crippen molar-refractivity contribution >= 4 is 15.8 Å². The molecule has 0 fully saturated rings. The highest BCUT2D eigenvalue weighted by atomic mass is 32.2. The SMILES string of the molecule is CN=C(NCCOCCS(C)(=O)=O)NC(C)c1ccc2c(c1)CCCC2. The van der Waals surface area contributed by atoms with Gasteiger partial charge in [0.05, 0.1) is 25.0 Å². The van der Waals surface area contributed by atoms with E-state index in [1.165, 1.54) is 48.6 Å². The summed E-state index contributed by atoms with van der Waals surface area (Å²) in [6.07, 6.45) is 6.15. The summed E-state index contributed by atoms with van der Waals surface area (Å²) in [5.41, 5.74) is 4.23. The van der Waals surface area contributed by atoms with Gasteiger partial charge < -0.3 is 15.4 Å². The van der Waals surface area contributed by atoms with E-state index in [4.69, 9.17) is 4.74 Å². The predicted octanol–water partition coefficient (Wildman–Crippen LogP) is 1.85. The first-order valence-electron chi connectivity index (χ1n) is 9.23. The number of rotatable bonds is 8. The van der Waals surface area contributed by atoms with Crippen LogP contribution in [0.2, 0.25) is 0 Å². The number of benzene rings is 1.